The Hall–Kier alpha value is -2.77. The average Bonchev–Trinajstić information content (AvgIpc) is 2.99. The molecule has 2 saturated carbocycles. The van der Waals surface area contributed by atoms with Crippen LogP contribution in [0, 0.1) is 5.92 Å². The first-order valence-corrected chi connectivity index (χ1v) is 16.4. The van der Waals surface area contributed by atoms with Crippen LogP contribution in [0.1, 0.15) is 115 Å². The Bertz CT molecular complexity index is 1000. The number of amides is 2. The Balaban J connectivity index is 1.22. The van der Waals surface area contributed by atoms with Crippen molar-refractivity contribution >= 4 is 23.5 Å². The molecule has 0 spiro atoms. The first kappa shape index (κ1) is 31.2. The van der Waals surface area contributed by atoms with E-state index in [1.54, 1.807) is 0 Å². The molecule has 1 heterocycles. The van der Waals surface area contributed by atoms with Crippen LogP contribution in [0.4, 0.5) is 5.69 Å². The lowest BCUT2D eigenvalue weighted by molar-refractivity contribution is -0.134. The van der Waals surface area contributed by atoms with Crippen LogP contribution < -0.4 is 15.8 Å². The molecule has 2 amide bonds. The molecule has 41 heavy (non-hydrogen) atoms. The SMILES string of the molecule is CCCCCCN(C(=O)CCCOc1ccc2c(c1)CN(CC(=O)NCC1CCCCC1)C(N)=N2)C1CCCCC1. The second-order valence-corrected chi connectivity index (χ2v) is 12.3. The van der Waals surface area contributed by atoms with Gasteiger partial charge in [-0.15, -0.1) is 0 Å². The zero-order valence-electron chi connectivity index (χ0n) is 25.4. The van der Waals surface area contributed by atoms with Crippen LogP contribution in [-0.2, 0) is 16.1 Å². The lowest BCUT2D eigenvalue weighted by Crippen LogP contribution is -2.45. The molecule has 0 saturated heterocycles. The van der Waals surface area contributed by atoms with Crippen molar-refractivity contribution in [2.45, 2.75) is 122 Å². The molecule has 0 atom stereocenters. The molecule has 2 fully saturated rings. The summed E-state index contributed by atoms with van der Waals surface area (Å²) < 4.78 is 6.06. The van der Waals surface area contributed by atoms with Crippen molar-refractivity contribution in [1.82, 2.24) is 15.1 Å². The molecule has 8 heteroatoms. The van der Waals surface area contributed by atoms with Crippen LogP contribution in [-0.4, -0.2) is 59.9 Å². The minimum Gasteiger partial charge on any atom is -0.494 e. The third-order valence-corrected chi connectivity index (χ3v) is 9.01. The van der Waals surface area contributed by atoms with Gasteiger partial charge in [-0.25, -0.2) is 4.99 Å². The number of nitrogens with two attached hydrogens (primary N) is 1. The topological polar surface area (TPSA) is 100 Å². The van der Waals surface area contributed by atoms with Crippen molar-refractivity contribution in [2.75, 3.05) is 26.2 Å². The number of fused-ring (bicyclic) bond motifs is 1. The van der Waals surface area contributed by atoms with Crippen molar-refractivity contribution in [3.8, 4) is 5.75 Å². The molecule has 3 aliphatic rings. The minimum atomic E-state index is -0.0121. The summed E-state index contributed by atoms with van der Waals surface area (Å²) in [6.07, 6.45) is 18.3. The number of carbonyl (C=O) groups is 2. The summed E-state index contributed by atoms with van der Waals surface area (Å²) in [5, 5.41) is 3.10. The van der Waals surface area contributed by atoms with E-state index in [1.165, 1.54) is 70.6 Å². The predicted octanol–water partition coefficient (Wildman–Crippen LogP) is 6.05. The lowest BCUT2D eigenvalue weighted by Gasteiger charge is -2.34. The Morgan fingerprint density at radius 2 is 1.78 bits per heavy atom. The van der Waals surface area contributed by atoms with Gasteiger partial charge in [-0.3, -0.25) is 9.59 Å². The maximum atomic E-state index is 13.2. The molecule has 8 nitrogen and oxygen atoms in total. The standard InChI is InChI=1S/C33H53N5O3/c1-2-3-4-11-20-38(28-15-9-6-10-16-28)32(40)17-12-21-41-29-18-19-30-27(22-29)24-37(33(34)36-30)25-31(39)35-23-26-13-7-5-8-14-26/h18-19,22,26,28H,2-17,20-21,23-25H2,1H3,(H2,34,36)(H,35,39). The van der Waals surface area contributed by atoms with Crippen LogP contribution in [0.25, 0.3) is 0 Å². The maximum Gasteiger partial charge on any atom is 0.239 e. The third-order valence-electron chi connectivity index (χ3n) is 9.01. The average molecular weight is 568 g/mol. The fraction of sp³-hybridized carbons (Fsp3) is 0.727. The molecule has 0 unspecified atom stereocenters. The van der Waals surface area contributed by atoms with Crippen LogP contribution in [0.5, 0.6) is 5.75 Å². The molecule has 4 rings (SSSR count). The number of hydrogen-bond donors (Lipinski definition) is 2. The normalized spacial score (nSPS) is 18.0. The molecule has 2 aliphatic carbocycles. The summed E-state index contributed by atoms with van der Waals surface area (Å²) in [7, 11) is 0. The van der Waals surface area contributed by atoms with Crippen LogP contribution >= 0.6 is 0 Å². The van der Waals surface area contributed by atoms with Gasteiger partial charge in [0.25, 0.3) is 0 Å². The van der Waals surface area contributed by atoms with Crippen LogP contribution in [0.3, 0.4) is 0 Å². The number of ether oxygens (including phenoxy) is 1. The second-order valence-electron chi connectivity index (χ2n) is 12.3. The van der Waals surface area contributed by atoms with E-state index in [9.17, 15) is 9.59 Å². The number of hydrogen-bond acceptors (Lipinski definition) is 6. The number of aliphatic imine (C=N–C) groups is 1. The van der Waals surface area contributed by atoms with Crippen LogP contribution in [0.15, 0.2) is 23.2 Å². The predicted molar refractivity (Wildman–Crippen MR) is 165 cm³/mol. The molecule has 1 aliphatic heterocycles. The van der Waals surface area contributed by atoms with Crippen molar-refractivity contribution in [3.63, 3.8) is 0 Å². The van der Waals surface area contributed by atoms with Gasteiger partial charge in [0.2, 0.25) is 11.8 Å². The molecule has 0 radical (unpaired) electrons. The summed E-state index contributed by atoms with van der Waals surface area (Å²) >= 11 is 0. The van der Waals surface area contributed by atoms with E-state index in [0.29, 0.717) is 43.9 Å². The lowest BCUT2D eigenvalue weighted by atomic mass is 9.89. The largest absolute Gasteiger partial charge is 0.494 e. The molecular formula is C33H53N5O3. The Morgan fingerprint density at radius 3 is 2.54 bits per heavy atom. The molecule has 1 aromatic rings. The fourth-order valence-electron chi connectivity index (χ4n) is 6.55. The van der Waals surface area contributed by atoms with E-state index in [0.717, 1.165) is 49.4 Å². The number of nitrogens with one attached hydrogen (secondary N) is 1. The quantitative estimate of drug-likeness (QED) is 0.252. The van der Waals surface area contributed by atoms with Crippen molar-refractivity contribution in [3.05, 3.63) is 23.8 Å². The monoisotopic (exact) mass is 567 g/mol. The molecule has 228 valence electrons. The number of nitrogens with zero attached hydrogens (tertiary/aromatic N) is 3. The summed E-state index contributed by atoms with van der Waals surface area (Å²) in [5.41, 5.74) is 8.00. The third kappa shape index (κ3) is 9.93. The van der Waals surface area contributed by atoms with Crippen molar-refractivity contribution in [2.24, 2.45) is 16.6 Å². The van der Waals surface area contributed by atoms with Gasteiger partial charge in [0.05, 0.1) is 18.8 Å². The number of unbranched alkanes of at least 4 members (excludes halogenated alkanes) is 3. The van der Waals surface area contributed by atoms with Crippen LogP contribution in [0.2, 0.25) is 0 Å². The highest BCUT2D eigenvalue weighted by Gasteiger charge is 2.25. The van der Waals surface area contributed by atoms with Crippen molar-refractivity contribution < 1.29 is 14.3 Å². The highest BCUT2D eigenvalue weighted by atomic mass is 16.5. The van der Waals surface area contributed by atoms with E-state index < -0.39 is 0 Å². The molecule has 0 aromatic heterocycles. The van der Waals surface area contributed by atoms with Gasteiger partial charge in [0, 0.05) is 37.7 Å². The number of benzene rings is 1. The molecule has 0 bridgehead atoms. The highest BCUT2D eigenvalue weighted by Crippen LogP contribution is 2.30. The van der Waals surface area contributed by atoms with Gasteiger partial charge in [0.15, 0.2) is 5.96 Å². The van der Waals surface area contributed by atoms with E-state index in [2.05, 4.69) is 22.1 Å². The summed E-state index contributed by atoms with van der Waals surface area (Å²) in [4.78, 5) is 34.4. The van der Waals surface area contributed by atoms with Gasteiger partial charge in [-0.05, 0) is 62.6 Å². The van der Waals surface area contributed by atoms with E-state index in [1.807, 2.05) is 23.1 Å². The molecular weight excluding hydrogens is 514 g/mol. The smallest absolute Gasteiger partial charge is 0.239 e. The molecule has 3 N–H and O–H groups in total. The number of carbonyl (C=O) groups excluding carboxylic acids is 2. The number of rotatable bonds is 15. The first-order chi connectivity index (χ1) is 20.0. The Labute approximate surface area is 247 Å². The minimum absolute atomic E-state index is 0.0121. The first-order valence-electron chi connectivity index (χ1n) is 16.4. The zero-order valence-corrected chi connectivity index (χ0v) is 25.4. The van der Waals surface area contributed by atoms with Gasteiger partial charge in [0.1, 0.15) is 5.75 Å². The van der Waals surface area contributed by atoms with Gasteiger partial charge in [-0.1, -0.05) is 64.7 Å². The number of guanidine groups is 1. The second kappa shape index (κ2) is 16.6. The zero-order chi connectivity index (χ0) is 28.9. The van der Waals surface area contributed by atoms with Gasteiger partial charge < -0.3 is 25.6 Å². The Morgan fingerprint density at radius 1 is 1.02 bits per heavy atom. The van der Waals surface area contributed by atoms with Gasteiger partial charge in [-0.2, -0.15) is 0 Å². The van der Waals surface area contributed by atoms with Crippen molar-refractivity contribution in [1.29, 1.82) is 0 Å². The Kier molecular flexibility index (Phi) is 12.6. The highest BCUT2D eigenvalue weighted by molar-refractivity contribution is 5.88. The summed E-state index contributed by atoms with van der Waals surface area (Å²) in [5.74, 6) is 2.00. The van der Waals surface area contributed by atoms with E-state index in [-0.39, 0.29) is 18.4 Å². The summed E-state index contributed by atoms with van der Waals surface area (Å²) in [6, 6.07) is 6.24. The van der Waals surface area contributed by atoms with E-state index in [4.69, 9.17) is 10.5 Å². The van der Waals surface area contributed by atoms with Gasteiger partial charge >= 0.3 is 0 Å². The molecule has 1 aromatic carbocycles. The van der Waals surface area contributed by atoms with E-state index >= 15 is 0 Å². The summed E-state index contributed by atoms with van der Waals surface area (Å²) in [6.45, 7) is 5.09. The maximum absolute atomic E-state index is 13.2. The fourth-order valence-corrected chi connectivity index (χ4v) is 6.55.